The van der Waals surface area contributed by atoms with Gasteiger partial charge >= 0.3 is 5.97 Å². The van der Waals surface area contributed by atoms with Gasteiger partial charge in [-0.1, -0.05) is 50.8 Å². The second-order valence-corrected chi connectivity index (χ2v) is 8.64. The molecule has 0 amide bonds. The van der Waals surface area contributed by atoms with Gasteiger partial charge in [0.05, 0.1) is 5.03 Å². The van der Waals surface area contributed by atoms with Gasteiger partial charge in [0.2, 0.25) is 0 Å². The Balaban J connectivity index is 1.82. The average molecular weight is 411 g/mol. The third-order valence-corrected chi connectivity index (χ3v) is 6.83. The van der Waals surface area contributed by atoms with E-state index in [0.29, 0.717) is 5.75 Å². The fourth-order valence-electron chi connectivity index (χ4n) is 4.18. The summed E-state index contributed by atoms with van der Waals surface area (Å²) in [6.07, 6.45) is 8.64. The minimum Gasteiger partial charge on any atom is -0.480 e. The van der Waals surface area contributed by atoms with E-state index in [4.69, 9.17) is 0 Å². The van der Waals surface area contributed by atoms with E-state index in [1.54, 1.807) is 6.07 Å². The molecule has 0 saturated carbocycles. The second kappa shape index (κ2) is 8.49. The Labute approximate surface area is 174 Å². The number of aromatic nitrogens is 2. The van der Waals surface area contributed by atoms with E-state index in [1.807, 2.05) is 24.4 Å². The van der Waals surface area contributed by atoms with Crippen molar-refractivity contribution in [2.24, 2.45) is 0 Å². The highest BCUT2D eigenvalue weighted by atomic mass is 32.2. The van der Waals surface area contributed by atoms with Crippen LogP contribution in [0.2, 0.25) is 0 Å². The van der Waals surface area contributed by atoms with Gasteiger partial charge in [-0.25, -0.2) is 4.79 Å². The lowest BCUT2D eigenvalue weighted by atomic mass is 9.96. The zero-order valence-corrected chi connectivity index (χ0v) is 17.4. The Morgan fingerprint density at radius 2 is 2.03 bits per heavy atom. The number of aliphatic carboxylic acids is 1. The van der Waals surface area contributed by atoms with Gasteiger partial charge in [-0.2, -0.15) is 0 Å². The van der Waals surface area contributed by atoms with Crippen molar-refractivity contribution in [3.8, 4) is 11.1 Å². The number of unbranched alkanes of at least 4 members (excludes halogenated alkanes) is 4. The van der Waals surface area contributed by atoms with Crippen LogP contribution in [0.5, 0.6) is 0 Å². The Kier molecular flexibility index (Phi) is 5.81. The Hall–Kier alpha value is -2.47. The highest BCUT2D eigenvalue weighted by molar-refractivity contribution is 7.99. The van der Waals surface area contributed by atoms with E-state index in [9.17, 15) is 14.7 Å². The number of rotatable bonds is 8. The fourth-order valence-corrected chi connectivity index (χ4v) is 5.53. The minimum atomic E-state index is -0.949. The van der Waals surface area contributed by atoms with Gasteiger partial charge < -0.3 is 10.1 Å². The summed E-state index contributed by atoms with van der Waals surface area (Å²) in [4.78, 5) is 27.9. The van der Waals surface area contributed by atoms with E-state index in [0.717, 1.165) is 51.9 Å². The molecule has 0 saturated heterocycles. The van der Waals surface area contributed by atoms with Crippen molar-refractivity contribution in [1.82, 2.24) is 9.55 Å². The molecular weight excluding hydrogens is 384 g/mol. The molecule has 2 aromatic heterocycles. The van der Waals surface area contributed by atoms with Crippen LogP contribution in [0.3, 0.4) is 0 Å². The highest BCUT2D eigenvalue weighted by Gasteiger charge is 2.33. The lowest BCUT2D eigenvalue weighted by molar-refractivity contribution is -0.140. The first-order valence-electron chi connectivity index (χ1n) is 10.3. The van der Waals surface area contributed by atoms with Crippen LogP contribution < -0.4 is 5.56 Å². The maximum atomic E-state index is 12.8. The number of aromatic amines is 1. The van der Waals surface area contributed by atoms with Crippen LogP contribution in [0.4, 0.5) is 0 Å². The number of fused-ring (bicyclic) bond motifs is 2. The van der Waals surface area contributed by atoms with Gasteiger partial charge in [0.25, 0.3) is 5.56 Å². The van der Waals surface area contributed by atoms with Gasteiger partial charge in [0.15, 0.2) is 0 Å². The van der Waals surface area contributed by atoms with E-state index in [2.05, 4.69) is 18.0 Å². The van der Waals surface area contributed by atoms with Crippen LogP contribution in [-0.4, -0.2) is 26.4 Å². The highest BCUT2D eigenvalue weighted by Crippen LogP contribution is 2.43. The van der Waals surface area contributed by atoms with E-state index in [-0.39, 0.29) is 5.56 Å². The summed E-state index contributed by atoms with van der Waals surface area (Å²) >= 11 is 1.48. The van der Waals surface area contributed by atoms with Gasteiger partial charge in [-0.15, -0.1) is 11.8 Å². The number of thioether (sulfide) groups is 1. The molecule has 3 heterocycles. The second-order valence-electron chi connectivity index (χ2n) is 7.64. The number of hydrogen-bond acceptors (Lipinski definition) is 3. The number of aryl methyl sites for hydroxylation is 1. The van der Waals surface area contributed by atoms with Crippen LogP contribution in [0, 0.1) is 0 Å². The summed E-state index contributed by atoms with van der Waals surface area (Å²) in [5.41, 5.74) is 3.93. The lowest BCUT2D eigenvalue weighted by Crippen LogP contribution is -2.29. The third-order valence-electron chi connectivity index (χ3n) is 5.67. The first-order chi connectivity index (χ1) is 14.1. The van der Waals surface area contributed by atoms with Crippen molar-refractivity contribution in [2.45, 2.75) is 56.5 Å². The molecule has 0 unspecified atom stereocenters. The summed E-state index contributed by atoms with van der Waals surface area (Å²) in [5.74, 6) is -0.560. The molecule has 3 aromatic rings. The number of nitrogens with one attached hydrogen (secondary N) is 1. The fraction of sp³-hybridized carbons (Fsp3) is 0.391. The summed E-state index contributed by atoms with van der Waals surface area (Å²) in [6, 6.07) is 8.97. The molecule has 5 nitrogen and oxygen atoms in total. The maximum absolute atomic E-state index is 12.8. The van der Waals surface area contributed by atoms with Crippen molar-refractivity contribution in [3.05, 3.63) is 52.4 Å². The molecule has 4 rings (SSSR count). The van der Waals surface area contributed by atoms with Crippen molar-refractivity contribution in [3.63, 3.8) is 0 Å². The predicted octanol–water partition coefficient (Wildman–Crippen LogP) is 5.24. The van der Waals surface area contributed by atoms with Crippen molar-refractivity contribution >= 4 is 28.6 Å². The zero-order valence-electron chi connectivity index (χ0n) is 16.6. The molecule has 0 radical (unpaired) electrons. The van der Waals surface area contributed by atoms with Crippen molar-refractivity contribution in [1.29, 1.82) is 0 Å². The number of benzene rings is 1. The monoisotopic (exact) mass is 410 g/mol. The molecule has 0 fully saturated rings. The van der Waals surface area contributed by atoms with Gasteiger partial charge in [0.1, 0.15) is 6.04 Å². The topological polar surface area (TPSA) is 75.1 Å². The van der Waals surface area contributed by atoms with E-state index >= 15 is 0 Å². The summed E-state index contributed by atoms with van der Waals surface area (Å²) in [7, 11) is 0. The Bertz CT molecular complexity index is 1100. The molecule has 0 aliphatic carbocycles. The number of pyridine rings is 1. The van der Waals surface area contributed by atoms with Crippen LogP contribution in [-0.2, 0) is 11.2 Å². The molecule has 1 aliphatic heterocycles. The van der Waals surface area contributed by atoms with Gasteiger partial charge in [-0.05, 0) is 24.5 Å². The molecule has 29 heavy (non-hydrogen) atoms. The number of nitrogens with zero attached hydrogens (tertiary/aromatic N) is 1. The zero-order chi connectivity index (χ0) is 20.4. The Morgan fingerprint density at radius 3 is 2.83 bits per heavy atom. The van der Waals surface area contributed by atoms with E-state index in [1.165, 1.54) is 35.6 Å². The molecule has 152 valence electrons. The predicted molar refractivity (Wildman–Crippen MR) is 118 cm³/mol. The summed E-state index contributed by atoms with van der Waals surface area (Å²) in [6.45, 7) is 2.20. The molecule has 2 N–H and O–H groups in total. The standard InChI is InChI=1S/C23H26N2O3S/c1-2-3-4-5-6-9-15-12-20(26)25-19(23(27)28)14-29-22(25)21(15)17-13-24-18-11-8-7-10-16(17)18/h7-8,10-13,19,24H,2-6,9,14H2,1H3,(H,27,28)/t19-/m0/s1. The average Bonchev–Trinajstić information content (AvgIpc) is 3.33. The minimum absolute atomic E-state index is 0.204. The van der Waals surface area contributed by atoms with Crippen LogP contribution >= 0.6 is 11.8 Å². The molecule has 0 spiro atoms. The smallest absolute Gasteiger partial charge is 0.327 e. The molecule has 0 bridgehead atoms. The first kappa shape index (κ1) is 19.8. The number of carbonyl (C=O) groups is 1. The normalized spacial score (nSPS) is 15.7. The quantitative estimate of drug-likeness (QED) is 0.498. The number of hydrogen-bond donors (Lipinski definition) is 2. The van der Waals surface area contributed by atoms with E-state index < -0.39 is 12.0 Å². The van der Waals surface area contributed by atoms with Crippen LogP contribution in [0.1, 0.15) is 50.6 Å². The van der Waals surface area contributed by atoms with Crippen LogP contribution in [0.25, 0.3) is 22.0 Å². The molecular formula is C23H26N2O3S. The Morgan fingerprint density at radius 1 is 1.24 bits per heavy atom. The molecule has 1 aromatic carbocycles. The summed E-state index contributed by atoms with van der Waals surface area (Å²) < 4.78 is 1.48. The van der Waals surface area contributed by atoms with Gasteiger partial charge in [-0.3, -0.25) is 9.36 Å². The lowest BCUT2D eigenvalue weighted by Gasteiger charge is -2.16. The number of carboxylic acids is 1. The molecule has 1 atom stereocenters. The molecule has 1 aliphatic rings. The summed E-state index contributed by atoms with van der Waals surface area (Å²) in [5, 5.41) is 11.5. The van der Waals surface area contributed by atoms with Crippen LogP contribution in [0.15, 0.2) is 46.3 Å². The molecule has 6 heteroatoms. The largest absolute Gasteiger partial charge is 0.480 e. The maximum Gasteiger partial charge on any atom is 0.327 e. The number of para-hydroxylation sites is 1. The number of carboxylic acid groups (broad SMARTS) is 1. The third kappa shape index (κ3) is 3.73. The number of H-pyrrole nitrogens is 1. The first-order valence-corrected chi connectivity index (χ1v) is 11.3. The van der Waals surface area contributed by atoms with Crippen molar-refractivity contribution in [2.75, 3.05) is 5.75 Å². The SMILES string of the molecule is CCCCCCCc1cc(=O)n2c(c1-c1c[nH]c3ccccc13)SC[C@H]2C(=O)O. The van der Waals surface area contributed by atoms with Crippen molar-refractivity contribution < 1.29 is 9.90 Å². The van der Waals surface area contributed by atoms with Gasteiger partial charge in [0, 0.05) is 40.0 Å².